The highest BCUT2D eigenvalue weighted by atomic mass is 16.2. The second-order valence-electron chi connectivity index (χ2n) is 4.87. The molecule has 0 spiro atoms. The molecular formula is C13H28N2O. The van der Waals surface area contributed by atoms with Crippen LogP contribution >= 0.6 is 0 Å². The molecule has 0 aliphatic rings. The van der Waals surface area contributed by atoms with Crippen molar-refractivity contribution in [1.82, 2.24) is 5.32 Å². The van der Waals surface area contributed by atoms with Crippen LogP contribution in [0.5, 0.6) is 0 Å². The van der Waals surface area contributed by atoms with E-state index in [9.17, 15) is 4.79 Å². The number of hydrogen-bond donors (Lipinski definition) is 2. The average Bonchev–Trinajstić information content (AvgIpc) is 2.26. The second kappa shape index (κ2) is 7.66. The van der Waals surface area contributed by atoms with E-state index in [1.807, 2.05) is 6.92 Å². The Labute approximate surface area is 100 Å². The highest BCUT2D eigenvalue weighted by Gasteiger charge is 2.27. The molecule has 0 heterocycles. The lowest BCUT2D eigenvalue weighted by atomic mass is 9.97. The Bertz CT molecular complexity index is 202. The predicted molar refractivity (Wildman–Crippen MR) is 69.2 cm³/mol. The molecule has 0 saturated heterocycles. The van der Waals surface area contributed by atoms with E-state index in [0.717, 1.165) is 19.3 Å². The van der Waals surface area contributed by atoms with Crippen molar-refractivity contribution in [2.75, 3.05) is 0 Å². The molecule has 2 atom stereocenters. The Morgan fingerprint density at radius 2 is 1.88 bits per heavy atom. The van der Waals surface area contributed by atoms with Crippen LogP contribution in [0.3, 0.4) is 0 Å². The van der Waals surface area contributed by atoms with Gasteiger partial charge in [0.05, 0.1) is 5.54 Å². The molecule has 0 aliphatic heterocycles. The van der Waals surface area contributed by atoms with E-state index < -0.39 is 5.54 Å². The van der Waals surface area contributed by atoms with Crippen molar-refractivity contribution in [3.8, 4) is 0 Å². The summed E-state index contributed by atoms with van der Waals surface area (Å²) in [7, 11) is 0. The minimum absolute atomic E-state index is 0.00967. The monoisotopic (exact) mass is 228 g/mol. The second-order valence-corrected chi connectivity index (χ2v) is 4.87. The van der Waals surface area contributed by atoms with Gasteiger partial charge < -0.3 is 11.1 Å². The average molecular weight is 228 g/mol. The number of carbonyl (C=O) groups excluding carboxylic acids is 1. The van der Waals surface area contributed by atoms with Crippen LogP contribution in [0.25, 0.3) is 0 Å². The van der Waals surface area contributed by atoms with Crippen LogP contribution in [-0.4, -0.2) is 17.5 Å². The molecule has 3 nitrogen and oxygen atoms in total. The van der Waals surface area contributed by atoms with Crippen LogP contribution in [0.1, 0.15) is 66.2 Å². The van der Waals surface area contributed by atoms with Gasteiger partial charge in [0, 0.05) is 6.04 Å². The van der Waals surface area contributed by atoms with Gasteiger partial charge in [0.25, 0.3) is 0 Å². The first kappa shape index (κ1) is 15.4. The van der Waals surface area contributed by atoms with Crippen molar-refractivity contribution in [2.45, 2.75) is 77.8 Å². The third-order valence-corrected chi connectivity index (χ3v) is 3.13. The van der Waals surface area contributed by atoms with E-state index in [2.05, 4.69) is 19.2 Å². The molecule has 0 saturated carbocycles. The summed E-state index contributed by atoms with van der Waals surface area (Å²) in [6.45, 7) is 8.06. The number of nitrogens with one attached hydrogen (secondary N) is 1. The molecule has 1 amide bonds. The summed E-state index contributed by atoms with van der Waals surface area (Å²) >= 11 is 0. The molecule has 0 bridgehead atoms. The molecule has 2 unspecified atom stereocenters. The summed E-state index contributed by atoms with van der Waals surface area (Å²) in [5.41, 5.74) is 5.20. The van der Waals surface area contributed by atoms with E-state index in [-0.39, 0.29) is 5.91 Å². The lowest BCUT2D eigenvalue weighted by molar-refractivity contribution is -0.126. The maximum atomic E-state index is 11.9. The Kier molecular flexibility index (Phi) is 7.39. The minimum Gasteiger partial charge on any atom is -0.352 e. The molecule has 0 aromatic rings. The molecule has 0 fully saturated rings. The fourth-order valence-electron chi connectivity index (χ4n) is 1.60. The molecule has 96 valence electrons. The standard InChI is InChI=1S/C13H28N2O/c1-5-8-10-11(9-6-2)15-12(16)13(4,14)7-3/h11H,5-10,14H2,1-4H3,(H,15,16). The van der Waals surface area contributed by atoms with Crippen LogP contribution in [0, 0.1) is 0 Å². The number of carbonyl (C=O) groups is 1. The SMILES string of the molecule is CCCCC(CCC)NC(=O)C(C)(N)CC. The Morgan fingerprint density at radius 1 is 1.25 bits per heavy atom. The van der Waals surface area contributed by atoms with Crippen LogP contribution in [0.4, 0.5) is 0 Å². The van der Waals surface area contributed by atoms with Crippen LogP contribution in [0.2, 0.25) is 0 Å². The molecule has 0 aromatic carbocycles. The van der Waals surface area contributed by atoms with E-state index in [1.54, 1.807) is 6.92 Å². The van der Waals surface area contributed by atoms with E-state index in [0.29, 0.717) is 12.5 Å². The normalized spacial score (nSPS) is 16.6. The summed E-state index contributed by atoms with van der Waals surface area (Å²) in [6, 6.07) is 0.298. The molecular weight excluding hydrogens is 200 g/mol. The smallest absolute Gasteiger partial charge is 0.239 e. The maximum absolute atomic E-state index is 11.9. The zero-order valence-corrected chi connectivity index (χ0v) is 11.3. The summed E-state index contributed by atoms with van der Waals surface area (Å²) in [6.07, 6.45) is 6.22. The van der Waals surface area contributed by atoms with Crippen molar-refractivity contribution in [3.05, 3.63) is 0 Å². The quantitative estimate of drug-likeness (QED) is 0.671. The summed E-state index contributed by atoms with van der Waals surface area (Å²) in [5, 5.41) is 3.08. The van der Waals surface area contributed by atoms with Crippen molar-refractivity contribution in [2.24, 2.45) is 5.73 Å². The topological polar surface area (TPSA) is 55.1 Å². The van der Waals surface area contributed by atoms with Gasteiger partial charge in [-0.25, -0.2) is 0 Å². The largest absolute Gasteiger partial charge is 0.352 e. The molecule has 0 rings (SSSR count). The van der Waals surface area contributed by atoms with Gasteiger partial charge >= 0.3 is 0 Å². The Morgan fingerprint density at radius 3 is 2.31 bits per heavy atom. The zero-order chi connectivity index (χ0) is 12.6. The predicted octanol–water partition coefficient (Wildman–Crippen LogP) is 2.59. The first-order valence-corrected chi connectivity index (χ1v) is 6.57. The van der Waals surface area contributed by atoms with Gasteiger partial charge in [-0.2, -0.15) is 0 Å². The minimum atomic E-state index is -0.724. The van der Waals surface area contributed by atoms with Crippen molar-refractivity contribution in [1.29, 1.82) is 0 Å². The highest BCUT2D eigenvalue weighted by Crippen LogP contribution is 2.10. The number of amides is 1. The van der Waals surface area contributed by atoms with E-state index >= 15 is 0 Å². The van der Waals surface area contributed by atoms with Crippen molar-refractivity contribution in [3.63, 3.8) is 0 Å². The van der Waals surface area contributed by atoms with E-state index in [1.165, 1.54) is 12.8 Å². The van der Waals surface area contributed by atoms with E-state index in [4.69, 9.17) is 5.73 Å². The molecule has 0 aliphatic carbocycles. The van der Waals surface area contributed by atoms with Crippen LogP contribution in [0.15, 0.2) is 0 Å². The summed E-state index contributed by atoms with van der Waals surface area (Å²) in [5.74, 6) is -0.00967. The number of nitrogens with two attached hydrogens (primary N) is 1. The zero-order valence-electron chi connectivity index (χ0n) is 11.3. The van der Waals surface area contributed by atoms with Gasteiger partial charge in [-0.1, -0.05) is 40.0 Å². The number of hydrogen-bond acceptors (Lipinski definition) is 2. The summed E-state index contributed by atoms with van der Waals surface area (Å²) in [4.78, 5) is 11.9. The molecule has 3 N–H and O–H groups in total. The third-order valence-electron chi connectivity index (χ3n) is 3.13. The Hall–Kier alpha value is -0.570. The van der Waals surface area contributed by atoms with Gasteiger partial charge in [-0.15, -0.1) is 0 Å². The molecule has 0 aromatic heterocycles. The number of rotatable bonds is 8. The molecule has 3 heteroatoms. The van der Waals surface area contributed by atoms with Crippen LogP contribution < -0.4 is 11.1 Å². The highest BCUT2D eigenvalue weighted by molar-refractivity contribution is 5.85. The maximum Gasteiger partial charge on any atom is 0.239 e. The first-order chi connectivity index (χ1) is 7.47. The lowest BCUT2D eigenvalue weighted by Gasteiger charge is -2.26. The first-order valence-electron chi connectivity index (χ1n) is 6.57. The summed E-state index contributed by atoms with van der Waals surface area (Å²) < 4.78 is 0. The van der Waals surface area contributed by atoms with Gasteiger partial charge in [-0.3, -0.25) is 4.79 Å². The fraction of sp³-hybridized carbons (Fsp3) is 0.923. The van der Waals surface area contributed by atoms with Gasteiger partial charge in [0.2, 0.25) is 5.91 Å². The number of unbranched alkanes of at least 4 members (excludes halogenated alkanes) is 1. The fourth-order valence-corrected chi connectivity index (χ4v) is 1.60. The van der Waals surface area contributed by atoms with Gasteiger partial charge in [0.15, 0.2) is 0 Å². The molecule has 0 radical (unpaired) electrons. The van der Waals surface area contributed by atoms with Gasteiger partial charge in [-0.05, 0) is 26.2 Å². The van der Waals surface area contributed by atoms with Crippen LogP contribution in [-0.2, 0) is 4.79 Å². The van der Waals surface area contributed by atoms with Crippen molar-refractivity contribution < 1.29 is 4.79 Å². The van der Waals surface area contributed by atoms with Gasteiger partial charge in [0.1, 0.15) is 0 Å². The lowest BCUT2D eigenvalue weighted by Crippen LogP contribution is -2.53. The third kappa shape index (κ3) is 5.50. The molecule has 16 heavy (non-hydrogen) atoms. The van der Waals surface area contributed by atoms with Crippen molar-refractivity contribution >= 4 is 5.91 Å². The Balaban J connectivity index is 4.21.